The van der Waals surface area contributed by atoms with Crippen LogP contribution in [0.1, 0.15) is 17.2 Å². The van der Waals surface area contributed by atoms with Gasteiger partial charge in [0.2, 0.25) is 16.0 Å². The van der Waals surface area contributed by atoms with E-state index in [1.807, 2.05) is 6.07 Å². The lowest BCUT2D eigenvalue weighted by atomic mass is 10.1. The van der Waals surface area contributed by atoms with Gasteiger partial charge in [0.1, 0.15) is 23.4 Å². The van der Waals surface area contributed by atoms with Gasteiger partial charge < -0.3 is 11.1 Å². The summed E-state index contributed by atoms with van der Waals surface area (Å²) in [6, 6.07) is 6.04. The number of fused-ring (bicyclic) bond motifs is 1. The first-order valence-corrected chi connectivity index (χ1v) is 10.5. The van der Waals surface area contributed by atoms with Crippen LogP contribution in [-0.4, -0.2) is 41.5 Å². The van der Waals surface area contributed by atoms with Crippen molar-refractivity contribution in [3.8, 4) is 6.07 Å². The molecule has 1 atom stereocenters. The molecule has 9 nitrogen and oxygen atoms in total. The summed E-state index contributed by atoms with van der Waals surface area (Å²) < 4.78 is 55.0. The molecule has 0 spiro atoms. The molecule has 1 aromatic carbocycles. The van der Waals surface area contributed by atoms with Crippen molar-refractivity contribution in [1.82, 2.24) is 14.3 Å². The highest BCUT2D eigenvalue weighted by molar-refractivity contribution is 7.89. The van der Waals surface area contributed by atoms with Crippen molar-refractivity contribution >= 4 is 38.4 Å². The molecule has 3 N–H and O–H groups in total. The summed E-state index contributed by atoms with van der Waals surface area (Å²) in [6.07, 6.45) is 2.80. The molecular weight excluding hydrogens is 428 g/mol. The summed E-state index contributed by atoms with van der Waals surface area (Å²) in [5.74, 6) is -2.79. The van der Waals surface area contributed by atoms with Crippen molar-refractivity contribution in [1.29, 1.82) is 5.26 Å². The minimum atomic E-state index is -3.87. The quantitative estimate of drug-likeness (QED) is 0.633. The molecule has 4 rings (SSSR count). The van der Waals surface area contributed by atoms with Crippen LogP contribution in [-0.2, 0) is 10.0 Å². The topological polar surface area (TPSA) is 137 Å². The van der Waals surface area contributed by atoms with Gasteiger partial charge in [-0.1, -0.05) is 0 Å². The van der Waals surface area contributed by atoms with Crippen LogP contribution in [0.5, 0.6) is 0 Å². The van der Waals surface area contributed by atoms with Crippen molar-refractivity contribution in [2.75, 3.05) is 18.1 Å². The average molecular weight is 443 g/mol. The maximum atomic E-state index is 15.3. The van der Waals surface area contributed by atoms with E-state index in [0.29, 0.717) is 16.5 Å². The zero-order valence-electron chi connectivity index (χ0n) is 16.0. The summed E-state index contributed by atoms with van der Waals surface area (Å²) in [6.45, 7) is 0. The third kappa shape index (κ3) is 3.59. The highest BCUT2D eigenvalue weighted by Gasteiger charge is 2.34. The normalized spacial score (nSPS) is 17.8. The number of anilines is 2. The number of guanidine groups is 1. The molecule has 0 saturated carbocycles. The summed E-state index contributed by atoms with van der Waals surface area (Å²) in [5, 5.41) is 12.4. The standard InChI is InChI=1S/C19H15F2N7O2S/c1-28-19(23)27-14(9-31(28,29)30)15-12(20)2-3-13(16(15)21)26-18-17-11(4-5-24-18)6-10(7-22)8-25-17/h2-6,8,14H,9H2,1H3,(H2,23,27)(H,24,26). The Morgan fingerprint density at radius 2 is 2.06 bits per heavy atom. The van der Waals surface area contributed by atoms with Gasteiger partial charge in [-0.05, 0) is 24.3 Å². The Balaban J connectivity index is 1.78. The lowest BCUT2D eigenvalue weighted by Gasteiger charge is -2.27. The lowest BCUT2D eigenvalue weighted by Crippen LogP contribution is -2.45. The fourth-order valence-corrected chi connectivity index (χ4v) is 4.39. The van der Waals surface area contributed by atoms with E-state index in [4.69, 9.17) is 11.0 Å². The number of hydrogen-bond donors (Lipinski definition) is 2. The minimum Gasteiger partial charge on any atom is -0.369 e. The van der Waals surface area contributed by atoms with Gasteiger partial charge in [0.05, 0.1) is 22.6 Å². The van der Waals surface area contributed by atoms with E-state index in [-0.39, 0.29) is 17.5 Å². The van der Waals surface area contributed by atoms with E-state index >= 15 is 4.39 Å². The number of halogens is 2. The van der Waals surface area contributed by atoms with E-state index in [9.17, 15) is 12.8 Å². The molecule has 0 saturated heterocycles. The molecular formula is C19H15F2N7O2S. The molecule has 0 fully saturated rings. The van der Waals surface area contributed by atoms with Gasteiger partial charge in [0, 0.05) is 24.8 Å². The second kappa shape index (κ2) is 7.44. The van der Waals surface area contributed by atoms with Crippen LogP contribution in [0, 0.1) is 23.0 Å². The van der Waals surface area contributed by atoms with Gasteiger partial charge in [-0.3, -0.25) is 4.98 Å². The molecule has 0 radical (unpaired) electrons. The average Bonchev–Trinajstić information content (AvgIpc) is 2.73. The SMILES string of the molecule is CN1C(N)=NC(c2c(F)ccc(Nc3nccc4cc(C#N)cnc34)c2F)CS1(=O)=O. The van der Waals surface area contributed by atoms with E-state index in [2.05, 4.69) is 20.3 Å². The maximum Gasteiger partial charge on any atom is 0.239 e. The molecule has 0 amide bonds. The summed E-state index contributed by atoms with van der Waals surface area (Å²) in [4.78, 5) is 12.3. The first kappa shape index (κ1) is 20.4. The first-order valence-electron chi connectivity index (χ1n) is 8.91. The van der Waals surface area contributed by atoms with Crippen LogP contribution < -0.4 is 11.1 Å². The monoisotopic (exact) mass is 443 g/mol. The van der Waals surface area contributed by atoms with Gasteiger partial charge in [-0.15, -0.1) is 0 Å². The molecule has 12 heteroatoms. The molecule has 3 aromatic rings. The molecule has 31 heavy (non-hydrogen) atoms. The van der Waals surface area contributed by atoms with Crippen LogP contribution in [0.2, 0.25) is 0 Å². The molecule has 2 aromatic heterocycles. The number of aliphatic imine (C=N–C) groups is 1. The zero-order chi connectivity index (χ0) is 22.3. The van der Waals surface area contributed by atoms with Crippen LogP contribution in [0.4, 0.5) is 20.3 Å². The predicted octanol–water partition coefficient (Wildman–Crippen LogP) is 2.15. The third-order valence-electron chi connectivity index (χ3n) is 4.84. The Hall–Kier alpha value is -3.85. The largest absolute Gasteiger partial charge is 0.369 e. The van der Waals surface area contributed by atoms with Crippen molar-refractivity contribution in [2.45, 2.75) is 6.04 Å². The molecule has 1 aliphatic rings. The number of nitrogens with two attached hydrogens (primary N) is 1. The summed E-state index contributed by atoms with van der Waals surface area (Å²) in [7, 11) is -2.66. The summed E-state index contributed by atoms with van der Waals surface area (Å²) in [5.41, 5.74) is 5.67. The van der Waals surface area contributed by atoms with E-state index in [0.717, 1.165) is 16.4 Å². The van der Waals surface area contributed by atoms with Gasteiger partial charge in [0.15, 0.2) is 11.6 Å². The number of nitrogens with one attached hydrogen (secondary N) is 1. The van der Waals surface area contributed by atoms with Crippen LogP contribution in [0.25, 0.3) is 10.9 Å². The van der Waals surface area contributed by atoms with Crippen LogP contribution >= 0.6 is 0 Å². The van der Waals surface area contributed by atoms with E-state index < -0.39 is 39.0 Å². The number of pyridine rings is 2. The van der Waals surface area contributed by atoms with Crippen molar-refractivity contribution < 1.29 is 17.2 Å². The molecule has 1 unspecified atom stereocenters. The molecule has 0 aliphatic carbocycles. The number of nitriles is 1. The van der Waals surface area contributed by atoms with Gasteiger partial charge in [-0.25, -0.2) is 31.5 Å². The number of aromatic nitrogens is 2. The smallest absolute Gasteiger partial charge is 0.239 e. The van der Waals surface area contributed by atoms with Gasteiger partial charge in [-0.2, -0.15) is 5.26 Å². The highest BCUT2D eigenvalue weighted by atomic mass is 32.2. The number of hydrogen-bond acceptors (Lipinski definition) is 8. The first-order chi connectivity index (χ1) is 14.7. The number of benzene rings is 1. The van der Waals surface area contributed by atoms with Gasteiger partial charge in [0.25, 0.3) is 0 Å². The number of sulfonamides is 1. The second-order valence-electron chi connectivity index (χ2n) is 6.76. The fraction of sp³-hybridized carbons (Fsp3) is 0.158. The molecule has 0 bridgehead atoms. The Morgan fingerprint density at radius 3 is 2.77 bits per heavy atom. The lowest BCUT2D eigenvalue weighted by molar-refractivity contribution is 0.508. The minimum absolute atomic E-state index is 0.146. The summed E-state index contributed by atoms with van der Waals surface area (Å²) >= 11 is 0. The predicted molar refractivity (Wildman–Crippen MR) is 110 cm³/mol. The van der Waals surface area contributed by atoms with Crippen molar-refractivity contribution in [3.63, 3.8) is 0 Å². The van der Waals surface area contributed by atoms with Crippen molar-refractivity contribution in [3.05, 3.63) is 59.4 Å². The Labute approximate surface area is 175 Å². The van der Waals surface area contributed by atoms with E-state index in [1.54, 1.807) is 12.1 Å². The van der Waals surface area contributed by atoms with E-state index in [1.165, 1.54) is 19.4 Å². The molecule has 3 heterocycles. The Bertz CT molecular complexity index is 1390. The second-order valence-corrected chi connectivity index (χ2v) is 8.81. The zero-order valence-corrected chi connectivity index (χ0v) is 16.9. The van der Waals surface area contributed by atoms with Gasteiger partial charge >= 0.3 is 0 Å². The van der Waals surface area contributed by atoms with Crippen LogP contribution in [0.3, 0.4) is 0 Å². The maximum absolute atomic E-state index is 15.3. The number of rotatable bonds is 3. The third-order valence-corrected chi connectivity index (χ3v) is 6.60. The Morgan fingerprint density at radius 1 is 1.29 bits per heavy atom. The van der Waals surface area contributed by atoms with Crippen molar-refractivity contribution in [2.24, 2.45) is 10.7 Å². The van der Waals surface area contributed by atoms with Crippen LogP contribution in [0.15, 0.2) is 41.7 Å². The highest BCUT2D eigenvalue weighted by Crippen LogP contribution is 2.34. The number of nitrogens with zero attached hydrogens (tertiary/aromatic N) is 5. The fourth-order valence-electron chi connectivity index (χ4n) is 3.19. The molecule has 158 valence electrons. The Kier molecular flexibility index (Phi) is 4.90. The molecule has 1 aliphatic heterocycles.